The lowest BCUT2D eigenvalue weighted by molar-refractivity contribution is -0.132. The molecule has 0 saturated carbocycles. The summed E-state index contributed by atoms with van der Waals surface area (Å²) in [5.41, 5.74) is 0. The van der Waals surface area contributed by atoms with Gasteiger partial charge >= 0.3 is 0 Å². The molecule has 5 heteroatoms. The summed E-state index contributed by atoms with van der Waals surface area (Å²) in [4.78, 5) is 16.5. The van der Waals surface area contributed by atoms with Gasteiger partial charge in [-0.2, -0.15) is 0 Å². The normalized spacial score (nSPS) is 23.2. The minimum Gasteiger partial charge on any atom is -0.467 e. The monoisotopic (exact) mass is 293 g/mol. The Hall–Kier alpha value is -1.33. The first-order chi connectivity index (χ1) is 10.1. The first kappa shape index (κ1) is 16.0. The van der Waals surface area contributed by atoms with E-state index in [4.69, 9.17) is 4.42 Å². The van der Waals surface area contributed by atoms with Crippen LogP contribution in [0.15, 0.2) is 22.8 Å². The quantitative estimate of drug-likeness (QED) is 0.867. The Kier molecular flexibility index (Phi) is 5.82. The number of hydrogen-bond donors (Lipinski definition) is 1. The lowest BCUT2D eigenvalue weighted by Gasteiger charge is -2.40. The van der Waals surface area contributed by atoms with Crippen LogP contribution in [0.25, 0.3) is 0 Å². The van der Waals surface area contributed by atoms with Gasteiger partial charge in [0.25, 0.3) is 0 Å². The molecular weight excluding hydrogens is 266 g/mol. The number of nitrogens with zero attached hydrogens (tertiary/aromatic N) is 2. The highest BCUT2D eigenvalue weighted by atomic mass is 16.3. The highest BCUT2D eigenvalue weighted by molar-refractivity contribution is 5.78. The van der Waals surface area contributed by atoms with Gasteiger partial charge in [0.1, 0.15) is 5.76 Å². The van der Waals surface area contributed by atoms with Crippen molar-refractivity contribution in [2.24, 2.45) is 0 Å². The summed E-state index contributed by atoms with van der Waals surface area (Å²) >= 11 is 0. The molecule has 118 valence electrons. The standard InChI is InChI=1S/C16H27N3O2/c1-4-13-10-19(14(5-2)9-17-13)12-16(20)18(3)11-15-7-6-8-21-15/h6-8,13-14,17H,4-5,9-12H2,1-3H3. The molecular formula is C16H27N3O2. The van der Waals surface area contributed by atoms with Crippen LogP contribution < -0.4 is 5.32 Å². The van der Waals surface area contributed by atoms with Gasteiger partial charge in [0.05, 0.1) is 19.4 Å². The van der Waals surface area contributed by atoms with Crippen LogP contribution in [-0.4, -0.2) is 54.5 Å². The van der Waals surface area contributed by atoms with E-state index in [0.29, 0.717) is 25.2 Å². The molecule has 1 aliphatic rings. The van der Waals surface area contributed by atoms with Crippen molar-refractivity contribution in [3.8, 4) is 0 Å². The first-order valence-corrected chi connectivity index (χ1v) is 7.87. The fourth-order valence-electron chi connectivity index (χ4n) is 2.82. The predicted octanol–water partition coefficient (Wildman–Crippen LogP) is 1.70. The fourth-order valence-corrected chi connectivity index (χ4v) is 2.82. The number of nitrogens with one attached hydrogen (secondary N) is 1. The third kappa shape index (κ3) is 4.32. The molecule has 2 unspecified atom stereocenters. The van der Waals surface area contributed by atoms with Crippen molar-refractivity contribution in [3.05, 3.63) is 24.2 Å². The number of rotatable bonds is 6. The van der Waals surface area contributed by atoms with Crippen molar-refractivity contribution in [3.63, 3.8) is 0 Å². The Morgan fingerprint density at radius 2 is 2.29 bits per heavy atom. The van der Waals surface area contributed by atoms with Crippen LogP contribution in [0.3, 0.4) is 0 Å². The van der Waals surface area contributed by atoms with Crippen molar-refractivity contribution < 1.29 is 9.21 Å². The van der Waals surface area contributed by atoms with Gasteiger partial charge in [-0.15, -0.1) is 0 Å². The molecule has 0 spiro atoms. The van der Waals surface area contributed by atoms with E-state index < -0.39 is 0 Å². The highest BCUT2D eigenvalue weighted by Crippen LogP contribution is 2.13. The third-order valence-electron chi connectivity index (χ3n) is 4.31. The molecule has 5 nitrogen and oxygen atoms in total. The van der Waals surface area contributed by atoms with E-state index in [-0.39, 0.29) is 5.91 Å². The molecule has 21 heavy (non-hydrogen) atoms. The van der Waals surface area contributed by atoms with Gasteiger partial charge in [0.15, 0.2) is 0 Å². The zero-order chi connectivity index (χ0) is 15.2. The van der Waals surface area contributed by atoms with Gasteiger partial charge in [-0.25, -0.2) is 0 Å². The first-order valence-electron chi connectivity index (χ1n) is 7.87. The van der Waals surface area contributed by atoms with Crippen molar-refractivity contribution in [2.45, 2.75) is 45.3 Å². The average Bonchev–Trinajstić information content (AvgIpc) is 2.99. The molecule has 0 aromatic carbocycles. The van der Waals surface area contributed by atoms with Crippen LogP contribution in [0.5, 0.6) is 0 Å². The van der Waals surface area contributed by atoms with Crippen LogP contribution in [0.1, 0.15) is 32.4 Å². The second-order valence-electron chi connectivity index (χ2n) is 5.83. The molecule has 1 amide bonds. The summed E-state index contributed by atoms with van der Waals surface area (Å²) in [5.74, 6) is 0.978. The Morgan fingerprint density at radius 3 is 2.90 bits per heavy atom. The molecule has 1 aromatic rings. The zero-order valence-electron chi connectivity index (χ0n) is 13.3. The van der Waals surface area contributed by atoms with Crippen LogP contribution in [0, 0.1) is 0 Å². The summed E-state index contributed by atoms with van der Waals surface area (Å²) < 4.78 is 5.30. The predicted molar refractivity (Wildman–Crippen MR) is 82.9 cm³/mol. The SMILES string of the molecule is CCC1CN(CC(=O)N(C)Cc2ccco2)C(CC)CN1. The van der Waals surface area contributed by atoms with Gasteiger partial charge in [-0.05, 0) is 25.0 Å². The largest absolute Gasteiger partial charge is 0.467 e. The Labute approximate surface area is 127 Å². The van der Waals surface area contributed by atoms with Crippen molar-refractivity contribution in [1.82, 2.24) is 15.1 Å². The molecule has 2 rings (SSSR count). The smallest absolute Gasteiger partial charge is 0.236 e. The second kappa shape index (κ2) is 7.61. The molecule has 0 bridgehead atoms. The summed E-state index contributed by atoms with van der Waals surface area (Å²) in [6, 6.07) is 4.70. The number of carbonyl (C=O) groups excluding carboxylic acids is 1. The number of amides is 1. The molecule has 1 aliphatic heterocycles. The van der Waals surface area contributed by atoms with Crippen molar-refractivity contribution >= 4 is 5.91 Å². The molecule has 0 radical (unpaired) electrons. The maximum Gasteiger partial charge on any atom is 0.236 e. The number of likely N-dealkylation sites (N-methyl/N-ethyl adjacent to an activating group) is 1. The second-order valence-corrected chi connectivity index (χ2v) is 5.83. The topological polar surface area (TPSA) is 48.7 Å². The van der Waals surface area contributed by atoms with E-state index in [0.717, 1.165) is 31.7 Å². The Balaban J connectivity index is 1.89. The van der Waals surface area contributed by atoms with Crippen LogP contribution >= 0.6 is 0 Å². The summed E-state index contributed by atoms with van der Waals surface area (Å²) in [6.45, 7) is 7.33. The molecule has 0 aliphatic carbocycles. The van der Waals surface area contributed by atoms with Gasteiger partial charge in [-0.3, -0.25) is 9.69 Å². The highest BCUT2D eigenvalue weighted by Gasteiger charge is 2.28. The van der Waals surface area contributed by atoms with Crippen LogP contribution in [0.4, 0.5) is 0 Å². The molecule has 1 aromatic heterocycles. The van der Waals surface area contributed by atoms with E-state index in [9.17, 15) is 4.79 Å². The van der Waals surface area contributed by atoms with Crippen molar-refractivity contribution in [1.29, 1.82) is 0 Å². The van der Waals surface area contributed by atoms with Crippen LogP contribution in [0.2, 0.25) is 0 Å². The lowest BCUT2D eigenvalue weighted by Crippen LogP contribution is -2.58. The number of furan rings is 1. The van der Waals surface area contributed by atoms with Crippen molar-refractivity contribution in [2.75, 3.05) is 26.7 Å². The molecule has 2 atom stereocenters. The van der Waals surface area contributed by atoms with Crippen LogP contribution in [-0.2, 0) is 11.3 Å². The summed E-state index contributed by atoms with van der Waals surface area (Å²) in [6.07, 6.45) is 3.81. The molecule has 1 saturated heterocycles. The van der Waals surface area contributed by atoms with E-state index in [1.807, 2.05) is 19.2 Å². The average molecular weight is 293 g/mol. The van der Waals surface area contributed by atoms with Gasteiger partial charge in [0, 0.05) is 32.2 Å². The van der Waals surface area contributed by atoms with E-state index in [1.54, 1.807) is 11.2 Å². The molecule has 1 N–H and O–H groups in total. The Morgan fingerprint density at radius 1 is 1.48 bits per heavy atom. The number of piperazine rings is 1. The third-order valence-corrected chi connectivity index (χ3v) is 4.31. The van der Waals surface area contributed by atoms with Gasteiger partial charge < -0.3 is 14.6 Å². The van der Waals surface area contributed by atoms with E-state index >= 15 is 0 Å². The Bertz CT molecular complexity index is 433. The lowest BCUT2D eigenvalue weighted by atomic mass is 10.1. The van der Waals surface area contributed by atoms with Gasteiger partial charge in [-0.1, -0.05) is 13.8 Å². The minimum absolute atomic E-state index is 0.154. The van der Waals surface area contributed by atoms with E-state index in [2.05, 4.69) is 24.1 Å². The number of carbonyl (C=O) groups is 1. The molecule has 1 fully saturated rings. The zero-order valence-corrected chi connectivity index (χ0v) is 13.3. The fraction of sp³-hybridized carbons (Fsp3) is 0.688. The van der Waals surface area contributed by atoms with E-state index in [1.165, 1.54) is 0 Å². The maximum atomic E-state index is 12.4. The minimum atomic E-state index is 0.154. The molecule has 2 heterocycles. The number of hydrogen-bond acceptors (Lipinski definition) is 4. The van der Waals surface area contributed by atoms with Gasteiger partial charge in [0.2, 0.25) is 5.91 Å². The summed E-state index contributed by atoms with van der Waals surface area (Å²) in [5, 5.41) is 3.56. The summed E-state index contributed by atoms with van der Waals surface area (Å²) in [7, 11) is 1.84. The maximum absolute atomic E-state index is 12.4.